The molecular formula is C12H14ClF3O3S. The Labute approximate surface area is 120 Å². The second-order valence-corrected chi connectivity index (χ2v) is 7.07. The van der Waals surface area contributed by atoms with Crippen molar-refractivity contribution in [1.82, 2.24) is 0 Å². The maximum Gasteiger partial charge on any atom is 0.391 e. The van der Waals surface area contributed by atoms with Crippen LogP contribution in [-0.4, -0.2) is 33.6 Å². The lowest BCUT2D eigenvalue weighted by atomic mass is 10.0. The van der Waals surface area contributed by atoms with Crippen LogP contribution in [0.2, 0.25) is 0 Å². The van der Waals surface area contributed by atoms with Gasteiger partial charge in [-0.3, -0.25) is 0 Å². The quantitative estimate of drug-likeness (QED) is 0.569. The molecule has 0 aromatic heterocycles. The third kappa shape index (κ3) is 7.72. The van der Waals surface area contributed by atoms with Crippen molar-refractivity contribution in [2.45, 2.75) is 18.5 Å². The zero-order chi connectivity index (χ0) is 15.2. The highest BCUT2D eigenvalue weighted by Gasteiger charge is 2.27. The maximum atomic E-state index is 12.0. The number of rotatable bonds is 7. The van der Waals surface area contributed by atoms with Crippen LogP contribution < -0.4 is 0 Å². The summed E-state index contributed by atoms with van der Waals surface area (Å²) in [6, 6.07) is 8.53. The van der Waals surface area contributed by atoms with E-state index in [1.165, 1.54) is 0 Å². The number of ether oxygens (including phenoxy) is 1. The van der Waals surface area contributed by atoms with E-state index in [4.69, 9.17) is 15.4 Å². The van der Waals surface area contributed by atoms with Gasteiger partial charge in [-0.2, -0.15) is 13.2 Å². The predicted molar refractivity (Wildman–Crippen MR) is 70.3 cm³/mol. The van der Waals surface area contributed by atoms with Crippen LogP contribution in [0.1, 0.15) is 17.9 Å². The van der Waals surface area contributed by atoms with Crippen LogP contribution in [0.25, 0.3) is 0 Å². The summed E-state index contributed by atoms with van der Waals surface area (Å²) in [4.78, 5) is 0. The Morgan fingerprint density at radius 2 is 1.80 bits per heavy atom. The van der Waals surface area contributed by atoms with Gasteiger partial charge in [0.2, 0.25) is 9.05 Å². The standard InChI is InChI=1S/C12H14ClF3O3S/c13-20(17,18)9-11(10-4-2-1-3-5-10)8-19-7-6-12(14,15)16/h1-5,11H,6-9H2. The zero-order valence-electron chi connectivity index (χ0n) is 10.4. The third-order valence-corrected chi connectivity index (χ3v) is 3.70. The molecule has 0 aliphatic heterocycles. The monoisotopic (exact) mass is 330 g/mol. The van der Waals surface area contributed by atoms with Gasteiger partial charge in [0.25, 0.3) is 0 Å². The fourth-order valence-corrected chi connectivity index (χ4v) is 2.85. The van der Waals surface area contributed by atoms with E-state index in [2.05, 4.69) is 0 Å². The second-order valence-electron chi connectivity index (χ2n) is 4.25. The number of benzene rings is 1. The first kappa shape index (κ1) is 17.3. The summed E-state index contributed by atoms with van der Waals surface area (Å²) in [6.45, 7) is -0.638. The van der Waals surface area contributed by atoms with E-state index in [1.54, 1.807) is 30.3 Å². The predicted octanol–water partition coefficient (Wildman–Crippen LogP) is 3.31. The van der Waals surface area contributed by atoms with Gasteiger partial charge >= 0.3 is 6.18 Å². The lowest BCUT2D eigenvalue weighted by molar-refractivity contribution is -0.145. The summed E-state index contributed by atoms with van der Waals surface area (Å²) in [5.41, 5.74) is 0.656. The first-order valence-electron chi connectivity index (χ1n) is 5.79. The molecule has 0 heterocycles. The molecule has 0 bridgehead atoms. The highest BCUT2D eigenvalue weighted by Crippen LogP contribution is 2.22. The van der Waals surface area contributed by atoms with Gasteiger partial charge < -0.3 is 4.74 Å². The van der Waals surface area contributed by atoms with Crippen LogP contribution in [-0.2, 0) is 13.8 Å². The first-order chi connectivity index (χ1) is 9.17. The van der Waals surface area contributed by atoms with Crippen molar-refractivity contribution < 1.29 is 26.3 Å². The number of alkyl halides is 3. The van der Waals surface area contributed by atoms with Gasteiger partial charge in [0.1, 0.15) is 0 Å². The van der Waals surface area contributed by atoms with E-state index in [0.717, 1.165) is 0 Å². The topological polar surface area (TPSA) is 43.4 Å². The van der Waals surface area contributed by atoms with Gasteiger partial charge in [0.05, 0.1) is 25.4 Å². The smallest absolute Gasteiger partial charge is 0.380 e. The molecule has 20 heavy (non-hydrogen) atoms. The van der Waals surface area contributed by atoms with Crippen molar-refractivity contribution in [3.8, 4) is 0 Å². The van der Waals surface area contributed by atoms with Gasteiger partial charge in [-0.05, 0) is 5.56 Å². The molecule has 1 aromatic carbocycles. The zero-order valence-corrected chi connectivity index (χ0v) is 12.0. The lowest BCUT2D eigenvalue weighted by Crippen LogP contribution is -2.18. The Balaban J connectivity index is 2.61. The molecule has 0 saturated heterocycles. The fourth-order valence-electron chi connectivity index (χ4n) is 1.62. The second kappa shape index (κ2) is 7.28. The molecule has 1 aromatic rings. The van der Waals surface area contributed by atoms with Crippen LogP contribution >= 0.6 is 10.7 Å². The summed E-state index contributed by atoms with van der Waals surface area (Å²) in [6.07, 6.45) is -5.36. The highest BCUT2D eigenvalue weighted by atomic mass is 35.7. The normalized spacial score (nSPS) is 14.2. The van der Waals surface area contributed by atoms with E-state index in [-0.39, 0.29) is 12.4 Å². The SMILES string of the molecule is O=S(=O)(Cl)CC(COCCC(F)(F)F)c1ccccc1. The Hall–Kier alpha value is -0.790. The van der Waals surface area contributed by atoms with Crippen LogP contribution in [0, 0.1) is 0 Å². The van der Waals surface area contributed by atoms with Gasteiger partial charge in [-0.25, -0.2) is 8.42 Å². The highest BCUT2D eigenvalue weighted by molar-refractivity contribution is 8.13. The summed E-state index contributed by atoms with van der Waals surface area (Å²) >= 11 is 0. The van der Waals surface area contributed by atoms with Crippen LogP contribution in [0.4, 0.5) is 13.2 Å². The minimum atomic E-state index is -4.29. The van der Waals surface area contributed by atoms with Crippen LogP contribution in [0.5, 0.6) is 0 Å². The first-order valence-corrected chi connectivity index (χ1v) is 8.27. The van der Waals surface area contributed by atoms with Crippen LogP contribution in [0.15, 0.2) is 30.3 Å². The van der Waals surface area contributed by atoms with Crippen molar-refractivity contribution in [3.63, 3.8) is 0 Å². The summed E-state index contributed by atoms with van der Waals surface area (Å²) in [7, 11) is 1.43. The van der Waals surface area contributed by atoms with Gasteiger partial charge in [0, 0.05) is 16.6 Å². The molecule has 1 rings (SSSR count). The molecule has 0 aliphatic rings. The maximum absolute atomic E-state index is 12.0. The van der Waals surface area contributed by atoms with E-state index in [1.807, 2.05) is 0 Å². The van der Waals surface area contributed by atoms with E-state index < -0.39 is 34.2 Å². The minimum Gasteiger partial charge on any atom is -0.380 e. The van der Waals surface area contributed by atoms with E-state index in [0.29, 0.717) is 5.56 Å². The molecule has 0 amide bonds. The molecular weight excluding hydrogens is 317 g/mol. The van der Waals surface area contributed by atoms with Crippen molar-refractivity contribution in [2.75, 3.05) is 19.0 Å². The average molecular weight is 331 g/mol. The van der Waals surface area contributed by atoms with Crippen molar-refractivity contribution in [1.29, 1.82) is 0 Å². The third-order valence-electron chi connectivity index (χ3n) is 2.52. The molecule has 3 nitrogen and oxygen atoms in total. The molecule has 0 spiro atoms. The molecule has 0 aliphatic carbocycles. The van der Waals surface area contributed by atoms with E-state index in [9.17, 15) is 21.6 Å². The Bertz CT molecular complexity index is 502. The van der Waals surface area contributed by atoms with Crippen molar-refractivity contribution in [2.24, 2.45) is 0 Å². The Kier molecular flexibility index (Phi) is 6.29. The molecule has 0 N–H and O–H groups in total. The summed E-state index contributed by atoms with van der Waals surface area (Å²) in [5.74, 6) is -0.975. The molecule has 8 heteroatoms. The lowest BCUT2D eigenvalue weighted by Gasteiger charge is -2.16. The Morgan fingerprint density at radius 3 is 2.30 bits per heavy atom. The van der Waals surface area contributed by atoms with Crippen molar-refractivity contribution >= 4 is 19.7 Å². The van der Waals surface area contributed by atoms with Gasteiger partial charge in [-0.1, -0.05) is 30.3 Å². The largest absolute Gasteiger partial charge is 0.391 e. The molecule has 1 unspecified atom stereocenters. The minimum absolute atomic E-state index is 0.133. The molecule has 0 fully saturated rings. The van der Waals surface area contributed by atoms with E-state index >= 15 is 0 Å². The molecule has 0 saturated carbocycles. The number of hydrogen-bond donors (Lipinski definition) is 0. The van der Waals surface area contributed by atoms with Crippen molar-refractivity contribution in [3.05, 3.63) is 35.9 Å². The number of hydrogen-bond acceptors (Lipinski definition) is 3. The Morgan fingerprint density at radius 1 is 1.20 bits per heavy atom. The van der Waals surface area contributed by atoms with Crippen LogP contribution in [0.3, 0.4) is 0 Å². The summed E-state index contributed by atoms with van der Waals surface area (Å²) < 4.78 is 63.1. The molecule has 114 valence electrons. The van der Waals surface area contributed by atoms with Gasteiger partial charge in [-0.15, -0.1) is 0 Å². The summed E-state index contributed by atoms with van der Waals surface area (Å²) in [5, 5.41) is 0. The average Bonchev–Trinajstić information content (AvgIpc) is 2.31. The van der Waals surface area contributed by atoms with Gasteiger partial charge in [0.15, 0.2) is 0 Å². The molecule has 1 atom stereocenters. The number of halogens is 4. The molecule has 0 radical (unpaired) electrons. The fraction of sp³-hybridized carbons (Fsp3) is 0.500.